The Morgan fingerprint density at radius 1 is 1.05 bits per heavy atom. The third kappa shape index (κ3) is 3.84. The highest BCUT2D eigenvalue weighted by Gasteiger charge is 2.31. The van der Waals surface area contributed by atoms with Crippen LogP contribution in [-0.2, 0) is 11.2 Å². The monoisotopic (exact) mass is 287 g/mol. The van der Waals surface area contributed by atoms with E-state index in [1.165, 1.54) is 25.7 Å². The molecule has 112 valence electrons. The van der Waals surface area contributed by atoms with Crippen molar-refractivity contribution in [3.8, 4) is 0 Å². The number of aromatic carboxylic acids is 1. The van der Waals surface area contributed by atoms with Crippen LogP contribution < -0.4 is 0 Å². The Morgan fingerprint density at radius 2 is 1.62 bits per heavy atom. The molecule has 0 unspecified atom stereocenters. The molecule has 0 atom stereocenters. The number of hydrogen-bond acceptors (Lipinski definition) is 2. The Kier molecular flexibility index (Phi) is 3.95. The first kappa shape index (κ1) is 14.1. The largest absolute Gasteiger partial charge is 0.478 e. The Balaban J connectivity index is 1.69. The van der Waals surface area contributed by atoms with E-state index in [0.29, 0.717) is 17.4 Å². The van der Waals surface area contributed by atoms with Crippen molar-refractivity contribution < 1.29 is 14.7 Å². The van der Waals surface area contributed by atoms with Crippen LogP contribution in [0.1, 0.15) is 41.6 Å². The zero-order valence-corrected chi connectivity index (χ0v) is 12.1. The van der Waals surface area contributed by atoms with Crippen molar-refractivity contribution in [3.63, 3.8) is 0 Å². The summed E-state index contributed by atoms with van der Waals surface area (Å²) in [6, 6.07) is 6.80. The predicted molar refractivity (Wildman–Crippen MR) is 79.1 cm³/mol. The third-order valence-electron chi connectivity index (χ3n) is 4.29. The van der Waals surface area contributed by atoms with Crippen LogP contribution in [0.2, 0.25) is 0 Å². The number of carboxylic acids is 1. The molecule has 0 aliphatic heterocycles. The number of benzene rings is 1. The lowest BCUT2D eigenvalue weighted by Crippen LogP contribution is -2.36. The fourth-order valence-electron chi connectivity index (χ4n) is 2.66. The van der Waals surface area contributed by atoms with E-state index in [-0.39, 0.29) is 17.9 Å². The van der Waals surface area contributed by atoms with Crippen molar-refractivity contribution in [1.29, 1.82) is 0 Å². The highest BCUT2D eigenvalue weighted by molar-refractivity contribution is 5.91. The van der Waals surface area contributed by atoms with E-state index < -0.39 is 5.97 Å². The normalized spacial score (nSPS) is 17.5. The Bertz CT molecular complexity index is 533. The standard InChI is InChI=1S/C17H21NO3/c19-16(9-14-3-1-2-4-15(14)17(20)21)18(10-12-5-6-12)11-13-7-8-13/h1-4,12-13H,5-11H2,(H,20,21). The molecule has 4 heteroatoms. The predicted octanol–water partition coefficient (Wildman–Crippen LogP) is 2.58. The lowest BCUT2D eigenvalue weighted by molar-refractivity contribution is -0.131. The SMILES string of the molecule is O=C(O)c1ccccc1CC(=O)N(CC1CC1)CC1CC1. The van der Waals surface area contributed by atoms with Crippen molar-refractivity contribution in [2.24, 2.45) is 11.8 Å². The van der Waals surface area contributed by atoms with Gasteiger partial charge in [0.05, 0.1) is 12.0 Å². The van der Waals surface area contributed by atoms with Crippen LogP contribution in [0.5, 0.6) is 0 Å². The average molecular weight is 287 g/mol. The van der Waals surface area contributed by atoms with E-state index in [4.69, 9.17) is 0 Å². The van der Waals surface area contributed by atoms with Crippen LogP contribution in [0, 0.1) is 11.8 Å². The number of amides is 1. The first-order valence-corrected chi connectivity index (χ1v) is 7.72. The fraction of sp³-hybridized carbons (Fsp3) is 0.529. The number of nitrogens with zero attached hydrogens (tertiary/aromatic N) is 1. The summed E-state index contributed by atoms with van der Waals surface area (Å²) in [4.78, 5) is 25.7. The van der Waals surface area contributed by atoms with E-state index in [0.717, 1.165) is 13.1 Å². The maximum absolute atomic E-state index is 12.5. The summed E-state index contributed by atoms with van der Waals surface area (Å²) < 4.78 is 0. The van der Waals surface area contributed by atoms with Gasteiger partial charge < -0.3 is 10.0 Å². The molecule has 2 aliphatic rings. The van der Waals surface area contributed by atoms with Crippen molar-refractivity contribution in [3.05, 3.63) is 35.4 Å². The number of rotatable bonds is 7. The smallest absolute Gasteiger partial charge is 0.335 e. The zero-order chi connectivity index (χ0) is 14.8. The average Bonchev–Trinajstić information content (AvgIpc) is 3.33. The van der Waals surface area contributed by atoms with Crippen LogP contribution in [0.3, 0.4) is 0 Å². The van der Waals surface area contributed by atoms with E-state index in [9.17, 15) is 14.7 Å². The minimum absolute atomic E-state index is 0.0718. The molecule has 2 saturated carbocycles. The molecule has 1 N–H and O–H groups in total. The van der Waals surface area contributed by atoms with Crippen molar-refractivity contribution in [1.82, 2.24) is 4.90 Å². The molecule has 2 aliphatic carbocycles. The van der Waals surface area contributed by atoms with Crippen LogP contribution in [0.4, 0.5) is 0 Å². The summed E-state index contributed by atoms with van der Waals surface area (Å²) in [5.41, 5.74) is 0.857. The maximum atomic E-state index is 12.5. The van der Waals surface area contributed by atoms with Gasteiger partial charge in [-0.2, -0.15) is 0 Å². The minimum Gasteiger partial charge on any atom is -0.478 e. The first-order valence-electron chi connectivity index (χ1n) is 7.72. The summed E-state index contributed by atoms with van der Waals surface area (Å²) in [5.74, 6) is 0.446. The second-order valence-electron chi connectivity index (χ2n) is 6.32. The molecule has 3 rings (SSSR count). The summed E-state index contributed by atoms with van der Waals surface area (Å²) in [7, 11) is 0. The molecule has 2 fully saturated rings. The van der Waals surface area contributed by atoms with Crippen LogP contribution in [0.25, 0.3) is 0 Å². The molecule has 0 spiro atoms. The highest BCUT2D eigenvalue weighted by Crippen LogP contribution is 2.34. The summed E-state index contributed by atoms with van der Waals surface area (Å²) in [5, 5.41) is 9.20. The molecule has 0 heterocycles. The van der Waals surface area contributed by atoms with Crippen LogP contribution >= 0.6 is 0 Å². The fourth-order valence-corrected chi connectivity index (χ4v) is 2.66. The molecule has 0 saturated heterocycles. The van der Waals surface area contributed by atoms with Gasteiger partial charge in [-0.05, 0) is 49.1 Å². The lowest BCUT2D eigenvalue weighted by atomic mass is 10.0. The van der Waals surface area contributed by atoms with Gasteiger partial charge >= 0.3 is 5.97 Å². The van der Waals surface area contributed by atoms with Gasteiger partial charge in [0.15, 0.2) is 0 Å². The molecule has 1 amide bonds. The molecular formula is C17H21NO3. The summed E-state index contributed by atoms with van der Waals surface area (Å²) >= 11 is 0. The molecule has 21 heavy (non-hydrogen) atoms. The Labute approximate surface area is 124 Å². The first-order chi connectivity index (χ1) is 10.1. The maximum Gasteiger partial charge on any atom is 0.335 e. The van der Waals surface area contributed by atoms with E-state index in [1.807, 2.05) is 4.90 Å². The lowest BCUT2D eigenvalue weighted by Gasteiger charge is -2.23. The minimum atomic E-state index is -0.964. The molecule has 0 aromatic heterocycles. The molecule has 1 aromatic carbocycles. The summed E-state index contributed by atoms with van der Waals surface area (Å²) in [6.45, 7) is 1.70. The van der Waals surface area contributed by atoms with E-state index in [2.05, 4.69) is 0 Å². The Morgan fingerprint density at radius 3 is 2.14 bits per heavy atom. The topological polar surface area (TPSA) is 57.6 Å². The van der Waals surface area contributed by atoms with Crippen molar-refractivity contribution in [2.45, 2.75) is 32.1 Å². The number of hydrogen-bond donors (Lipinski definition) is 1. The van der Waals surface area contributed by atoms with Gasteiger partial charge in [0.1, 0.15) is 0 Å². The van der Waals surface area contributed by atoms with Crippen molar-refractivity contribution in [2.75, 3.05) is 13.1 Å². The summed E-state index contributed by atoms with van der Waals surface area (Å²) in [6.07, 6.45) is 5.09. The van der Waals surface area contributed by atoms with Gasteiger partial charge in [-0.1, -0.05) is 18.2 Å². The third-order valence-corrected chi connectivity index (χ3v) is 4.29. The molecular weight excluding hydrogens is 266 g/mol. The van der Waals surface area contributed by atoms with Crippen LogP contribution in [-0.4, -0.2) is 35.0 Å². The molecule has 4 nitrogen and oxygen atoms in total. The van der Waals surface area contributed by atoms with Crippen molar-refractivity contribution >= 4 is 11.9 Å². The Hall–Kier alpha value is -1.84. The van der Waals surface area contributed by atoms with Gasteiger partial charge in [-0.15, -0.1) is 0 Å². The van der Waals surface area contributed by atoms with Gasteiger partial charge in [0, 0.05) is 13.1 Å². The number of carboxylic acid groups (broad SMARTS) is 1. The van der Waals surface area contributed by atoms with Gasteiger partial charge in [-0.3, -0.25) is 4.79 Å². The second kappa shape index (κ2) is 5.88. The van der Waals surface area contributed by atoms with Gasteiger partial charge in [0.25, 0.3) is 0 Å². The van der Waals surface area contributed by atoms with E-state index in [1.54, 1.807) is 24.3 Å². The van der Waals surface area contributed by atoms with E-state index >= 15 is 0 Å². The molecule has 0 radical (unpaired) electrons. The van der Waals surface area contributed by atoms with Crippen LogP contribution in [0.15, 0.2) is 24.3 Å². The molecule has 1 aromatic rings. The number of carbonyl (C=O) groups excluding carboxylic acids is 1. The molecule has 0 bridgehead atoms. The number of carbonyl (C=O) groups is 2. The zero-order valence-electron chi connectivity index (χ0n) is 12.1. The second-order valence-corrected chi connectivity index (χ2v) is 6.32. The van der Waals surface area contributed by atoms with Gasteiger partial charge in [-0.25, -0.2) is 4.79 Å². The van der Waals surface area contributed by atoms with Gasteiger partial charge in [0.2, 0.25) is 5.91 Å². The highest BCUT2D eigenvalue weighted by atomic mass is 16.4. The quantitative estimate of drug-likeness (QED) is 0.838.